The zero-order valence-corrected chi connectivity index (χ0v) is 11.5. The highest BCUT2D eigenvalue weighted by Crippen LogP contribution is 2.21. The highest BCUT2D eigenvalue weighted by molar-refractivity contribution is 7.92. The minimum atomic E-state index is -3.86. The maximum Gasteiger partial charge on any atom is 0.263 e. The second-order valence-electron chi connectivity index (χ2n) is 4.22. The first-order chi connectivity index (χ1) is 9.42. The molecule has 102 valence electrons. The van der Waals surface area contributed by atoms with Gasteiger partial charge in [-0.1, -0.05) is 0 Å². The molecule has 1 heterocycles. The molecule has 0 saturated carbocycles. The average Bonchev–Trinajstić information content (AvgIpc) is 2.37. The normalized spacial score (nSPS) is 10.8. The van der Waals surface area contributed by atoms with E-state index >= 15 is 0 Å². The van der Waals surface area contributed by atoms with E-state index in [1.165, 1.54) is 24.4 Å². The van der Waals surface area contributed by atoms with E-state index in [1.54, 1.807) is 19.2 Å². The third-order valence-electron chi connectivity index (χ3n) is 2.54. The van der Waals surface area contributed by atoms with Crippen LogP contribution in [0.4, 0.5) is 11.4 Å². The van der Waals surface area contributed by atoms with E-state index < -0.39 is 10.0 Å². The fourth-order valence-corrected chi connectivity index (χ4v) is 2.86. The number of nitriles is 1. The van der Waals surface area contributed by atoms with E-state index in [4.69, 9.17) is 11.0 Å². The van der Waals surface area contributed by atoms with Crippen LogP contribution in [0.3, 0.4) is 0 Å². The molecule has 3 N–H and O–H groups in total. The number of aryl methyl sites for hydroxylation is 1. The Hall–Kier alpha value is -2.59. The van der Waals surface area contributed by atoms with Crippen LogP contribution in [0.25, 0.3) is 0 Å². The van der Waals surface area contributed by atoms with Crippen molar-refractivity contribution in [3.63, 3.8) is 0 Å². The van der Waals surface area contributed by atoms with Gasteiger partial charge in [0.1, 0.15) is 11.0 Å². The molecule has 2 rings (SSSR count). The summed E-state index contributed by atoms with van der Waals surface area (Å²) in [6.45, 7) is 1.80. The highest BCUT2D eigenvalue weighted by atomic mass is 32.2. The summed E-state index contributed by atoms with van der Waals surface area (Å²) >= 11 is 0. The number of nitrogens with two attached hydrogens (primary N) is 1. The van der Waals surface area contributed by atoms with E-state index in [9.17, 15) is 8.42 Å². The number of nitrogens with zero attached hydrogens (tertiary/aromatic N) is 2. The van der Waals surface area contributed by atoms with Crippen molar-refractivity contribution < 1.29 is 8.42 Å². The summed E-state index contributed by atoms with van der Waals surface area (Å²) < 4.78 is 26.9. The fraction of sp³-hybridized carbons (Fsp3) is 0.0769. The Morgan fingerprint density at radius 2 is 2.05 bits per heavy atom. The van der Waals surface area contributed by atoms with E-state index in [2.05, 4.69) is 9.71 Å². The van der Waals surface area contributed by atoms with Crippen LogP contribution in [-0.4, -0.2) is 13.4 Å². The van der Waals surface area contributed by atoms with Crippen LogP contribution >= 0.6 is 0 Å². The number of benzene rings is 1. The third-order valence-corrected chi connectivity index (χ3v) is 3.98. The second-order valence-corrected chi connectivity index (χ2v) is 5.87. The molecule has 1 aromatic carbocycles. The number of anilines is 2. The van der Waals surface area contributed by atoms with E-state index in [-0.39, 0.29) is 10.5 Å². The Kier molecular flexibility index (Phi) is 3.59. The first-order valence-corrected chi connectivity index (χ1v) is 7.15. The molecule has 0 bridgehead atoms. The number of hydrogen-bond donors (Lipinski definition) is 2. The first kappa shape index (κ1) is 13.8. The first-order valence-electron chi connectivity index (χ1n) is 5.66. The summed E-state index contributed by atoms with van der Waals surface area (Å²) in [7, 11) is -3.86. The van der Waals surface area contributed by atoms with Gasteiger partial charge in [-0.15, -0.1) is 0 Å². The van der Waals surface area contributed by atoms with Gasteiger partial charge in [0.05, 0.1) is 17.4 Å². The van der Waals surface area contributed by atoms with Crippen LogP contribution in [-0.2, 0) is 10.0 Å². The van der Waals surface area contributed by atoms with Gasteiger partial charge in [-0.25, -0.2) is 8.42 Å². The standard InChI is InChI=1S/C13H12N4O2S/c1-9-4-12(8-16-7-9)17-20(18,19)13-3-2-11(15)5-10(13)6-14/h2-5,7-8,17H,15H2,1H3. The lowest BCUT2D eigenvalue weighted by Gasteiger charge is -2.09. The van der Waals surface area contributed by atoms with Crippen LogP contribution in [0.1, 0.15) is 11.1 Å². The zero-order valence-electron chi connectivity index (χ0n) is 10.7. The predicted molar refractivity (Wildman–Crippen MR) is 75.4 cm³/mol. The fourth-order valence-electron chi connectivity index (χ4n) is 1.69. The second kappa shape index (κ2) is 5.19. The van der Waals surface area contributed by atoms with Crippen LogP contribution in [0.15, 0.2) is 41.6 Å². The van der Waals surface area contributed by atoms with Crippen molar-refractivity contribution >= 4 is 21.4 Å². The molecule has 0 amide bonds. The third kappa shape index (κ3) is 2.87. The van der Waals surface area contributed by atoms with Gasteiger partial charge in [0, 0.05) is 11.9 Å². The molecule has 2 aromatic rings. The van der Waals surface area contributed by atoms with Crippen molar-refractivity contribution in [2.45, 2.75) is 11.8 Å². The topological polar surface area (TPSA) is 109 Å². The summed E-state index contributed by atoms with van der Waals surface area (Å²) in [6.07, 6.45) is 3.01. The highest BCUT2D eigenvalue weighted by Gasteiger charge is 2.19. The Labute approximate surface area is 116 Å². The Morgan fingerprint density at radius 3 is 2.70 bits per heavy atom. The molecule has 0 radical (unpaired) electrons. The van der Waals surface area contributed by atoms with Crippen molar-refractivity contribution in [1.29, 1.82) is 5.26 Å². The number of nitrogen functional groups attached to an aromatic ring is 1. The summed E-state index contributed by atoms with van der Waals surface area (Å²) in [5, 5.41) is 9.01. The van der Waals surface area contributed by atoms with Crippen molar-refractivity contribution in [3.8, 4) is 6.07 Å². The number of aromatic nitrogens is 1. The predicted octanol–water partition coefficient (Wildman–Crippen LogP) is 1.64. The molecule has 0 saturated heterocycles. The van der Waals surface area contributed by atoms with Gasteiger partial charge in [-0.3, -0.25) is 9.71 Å². The van der Waals surface area contributed by atoms with Gasteiger partial charge < -0.3 is 5.73 Å². The largest absolute Gasteiger partial charge is 0.399 e. The molecule has 0 spiro atoms. The van der Waals surface area contributed by atoms with Gasteiger partial charge in [-0.2, -0.15) is 5.26 Å². The average molecular weight is 288 g/mol. The number of rotatable bonds is 3. The quantitative estimate of drug-likeness (QED) is 0.834. The molecular weight excluding hydrogens is 276 g/mol. The molecule has 6 nitrogen and oxygen atoms in total. The van der Waals surface area contributed by atoms with Gasteiger partial charge in [0.2, 0.25) is 0 Å². The van der Waals surface area contributed by atoms with Crippen LogP contribution in [0.2, 0.25) is 0 Å². The van der Waals surface area contributed by atoms with Crippen molar-refractivity contribution in [2.24, 2.45) is 0 Å². The lowest BCUT2D eigenvalue weighted by Crippen LogP contribution is -2.14. The number of nitrogens with one attached hydrogen (secondary N) is 1. The van der Waals surface area contributed by atoms with Crippen molar-refractivity contribution in [1.82, 2.24) is 4.98 Å². The summed E-state index contributed by atoms with van der Waals surface area (Å²) in [4.78, 5) is 3.79. The minimum Gasteiger partial charge on any atom is -0.399 e. The monoisotopic (exact) mass is 288 g/mol. The van der Waals surface area contributed by atoms with Crippen LogP contribution in [0.5, 0.6) is 0 Å². The summed E-state index contributed by atoms with van der Waals surface area (Å²) in [5.74, 6) is 0. The van der Waals surface area contributed by atoms with E-state index in [0.717, 1.165) is 5.56 Å². The Bertz CT molecular complexity index is 794. The molecular formula is C13H12N4O2S. The molecule has 7 heteroatoms. The summed E-state index contributed by atoms with van der Waals surface area (Å²) in [5.41, 5.74) is 7.03. The van der Waals surface area contributed by atoms with Gasteiger partial charge >= 0.3 is 0 Å². The lowest BCUT2D eigenvalue weighted by molar-refractivity contribution is 0.601. The molecule has 0 fully saturated rings. The number of hydrogen-bond acceptors (Lipinski definition) is 5. The maximum atomic E-state index is 12.3. The minimum absolute atomic E-state index is 0.00175. The summed E-state index contributed by atoms with van der Waals surface area (Å²) in [6, 6.07) is 7.53. The molecule has 0 aliphatic rings. The molecule has 1 aromatic heterocycles. The molecule has 0 aliphatic heterocycles. The molecule has 0 atom stereocenters. The van der Waals surface area contributed by atoms with Gasteiger partial charge in [0.15, 0.2) is 0 Å². The van der Waals surface area contributed by atoms with E-state index in [0.29, 0.717) is 11.4 Å². The molecule has 0 aliphatic carbocycles. The SMILES string of the molecule is Cc1cncc(NS(=O)(=O)c2ccc(N)cc2C#N)c1. The maximum absolute atomic E-state index is 12.3. The van der Waals surface area contributed by atoms with Crippen molar-refractivity contribution in [2.75, 3.05) is 10.5 Å². The Balaban J connectivity index is 2.44. The van der Waals surface area contributed by atoms with Gasteiger partial charge in [0.25, 0.3) is 10.0 Å². The van der Waals surface area contributed by atoms with Crippen LogP contribution in [0, 0.1) is 18.3 Å². The molecule has 0 unspecified atom stereocenters. The van der Waals surface area contributed by atoms with Crippen molar-refractivity contribution in [3.05, 3.63) is 47.8 Å². The van der Waals surface area contributed by atoms with Crippen LogP contribution < -0.4 is 10.5 Å². The lowest BCUT2D eigenvalue weighted by atomic mass is 10.2. The molecule has 20 heavy (non-hydrogen) atoms. The number of pyridine rings is 1. The Morgan fingerprint density at radius 1 is 1.30 bits per heavy atom. The number of sulfonamides is 1. The smallest absolute Gasteiger partial charge is 0.263 e. The van der Waals surface area contributed by atoms with E-state index in [1.807, 2.05) is 6.07 Å². The van der Waals surface area contributed by atoms with Gasteiger partial charge in [-0.05, 0) is 36.8 Å². The zero-order chi connectivity index (χ0) is 14.8.